The summed E-state index contributed by atoms with van der Waals surface area (Å²) in [5, 5.41) is 2.49. The van der Waals surface area contributed by atoms with Crippen LogP contribution in [0.5, 0.6) is 0 Å². The highest BCUT2D eigenvalue weighted by Gasteiger charge is 2.31. The second-order valence-electron chi connectivity index (χ2n) is 6.08. The molecule has 0 atom stereocenters. The van der Waals surface area contributed by atoms with Crippen LogP contribution in [-0.4, -0.2) is 36.3 Å². The van der Waals surface area contributed by atoms with E-state index in [1.165, 1.54) is 33.1 Å². The van der Waals surface area contributed by atoms with E-state index in [1.54, 1.807) is 20.0 Å². The zero-order valence-electron chi connectivity index (χ0n) is 14.1. The summed E-state index contributed by atoms with van der Waals surface area (Å²) >= 11 is 0. The number of halogens is 1. The van der Waals surface area contributed by atoms with Crippen LogP contribution in [0.15, 0.2) is 35.2 Å². The molecule has 1 amide bonds. The molecule has 134 valence electrons. The van der Waals surface area contributed by atoms with Crippen molar-refractivity contribution >= 4 is 21.6 Å². The molecular weight excluding hydrogens is 345 g/mol. The van der Waals surface area contributed by atoms with Crippen molar-refractivity contribution in [3.05, 3.63) is 47.5 Å². The number of nitrogens with one attached hydrogen (secondary N) is 1. The highest BCUT2D eigenvalue weighted by molar-refractivity contribution is 7.89. The summed E-state index contributed by atoms with van der Waals surface area (Å²) in [5.74, 6) is -1.11. The van der Waals surface area contributed by atoms with Gasteiger partial charge in [-0.05, 0) is 38.0 Å². The number of sulfonamides is 1. The van der Waals surface area contributed by atoms with Crippen LogP contribution in [0.3, 0.4) is 0 Å². The number of benzene rings is 1. The van der Waals surface area contributed by atoms with Gasteiger partial charge in [0.15, 0.2) is 0 Å². The number of amides is 1. The Hall–Kier alpha value is -2.19. The van der Waals surface area contributed by atoms with E-state index in [0.29, 0.717) is 18.8 Å². The summed E-state index contributed by atoms with van der Waals surface area (Å²) in [6.07, 6.45) is 1.68. The minimum Gasteiger partial charge on any atom is -0.343 e. The number of carbonyl (C=O) groups excluding carboxylic acids is 1. The number of carbonyl (C=O) groups is 1. The Bertz CT molecular complexity index is 915. The monoisotopic (exact) mass is 365 g/mol. The largest absolute Gasteiger partial charge is 0.343 e. The van der Waals surface area contributed by atoms with Gasteiger partial charge in [-0.2, -0.15) is 4.31 Å². The summed E-state index contributed by atoms with van der Waals surface area (Å²) in [6, 6.07) is 7.19. The molecule has 0 spiro atoms. The second kappa shape index (κ2) is 6.61. The van der Waals surface area contributed by atoms with E-state index in [2.05, 4.69) is 5.32 Å². The van der Waals surface area contributed by atoms with Crippen molar-refractivity contribution in [1.29, 1.82) is 0 Å². The van der Waals surface area contributed by atoms with Gasteiger partial charge in [0.1, 0.15) is 16.4 Å². The van der Waals surface area contributed by atoms with Gasteiger partial charge in [0, 0.05) is 25.8 Å². The molecule has 1 saturated heterocycles. The zero-order valence-corrected chi connectivity index (χ0v) is 14.9. The van der Waals surface area contributed by atoms with Gasteiger partial charge < -0.3 is 9.88 Å². The summed E-state index contributed by atoms with van der Waals surface area (Å²) in [4.78, 5) is 12.6. The standard InChI is InChI=1S/C17H20FN3O3S/c1-12-16(25(23,24)21-9-5-6-10-21)11-15(20(12)2)17(22)19-14-8-4-3-7-13(14)18/h3-4,7-8,11H,5-6,9-10H2,1-2H3,(H,19,22). The van der Waals surface area contributed by atoms with Crippen LogP contribution in [0.2, 0.25) is 0 Å². The molecule has 2 heterocycles. The Morgan fingerprint density at radius 1 is 1.20 bits per heavy atom. The maximum Gasteiger partial charge on any atom is 0.272 e. The molecule has 0 unspecified atom stereocenters. The molecule has 0 radical (unpaired) electrons. The minimum atomic E-state index is -3.63. The average Bonchev–Trinajstić information content (AvgIpc) is 3.20. The summed E-state index contributed by atoms with van der Waals surface area (Å²) in [7, 11) is -2.01. The van der Waals surface area contributed by atoms with Gasteiger partial charge in [-0.3, -0.25) is 4.79 Å². The first kappa shape index (κ1) is 17.6. The van der Waals surface area contributed by atoms with Gasteiger partial charge in [-0.15, -0.1) is 0 Å². The van der Waals surface area contributed by atoms with Crippen LogP contribution in [0.4, 0.5) is 10.1 Å². The fourth-order valence-electron chi connectivity index (χ4n) is 2.97. The molecule has 1 N–H and O–H groups in total. The molecule has 1 fully saturated rings. The second-order valence-corrected chi connectivity index (χ2v) is 7.99. The number of aromatic nitrogens is 1. The molecule has 1 aromatic carbocycles. The maximum atomic E-state index is 13.7. The van der Waals surface area contributed by atoms with E-state index in [9.17, 15) is 17.6 Å². The fourth-order valence-corrected chi connectivity index (χ4v) is 4.75. The van der Waals surface area contributed by atoms with Crippen LogP contribution in [0.1, 0.15) is 29.0 Å². The first-order valence-corrected chi connectivity index (χ1v) is 9.48. The predicted molar refractivity (Wildman–Crippen MR) is 92.5 cm³/mol. The Kier molecular flexibility index (Phi) is 4.66. The van der Waals surface area contributed by atoms with Crippen molar-refractivity contribution in [2.45, 2.75) is 24.7 Å². The van der Waals surface area contributed by atoms with E-state index in [0.717, 1.165) is 12.8 Å². The topological polar surface area (TPSA) is 71.4 Å². The SMILES string of the molecule is Cc1c(S(=O)(=O)N2CCCC2)cc(C(=O)Nc2ccccc2F)n1C. The van der Waals surface area contributed by atoms with Crippen LogP contribution >= 0.6 is 0 Å². The Morgan fingerprint density at radius 3 is 2.48 bits per heavy atom. The fraction of sp³-hybridized carbons (Fsp3) is 0.353. The van der Waals surface area contributed by atoms with Gasteiger partial charge in [0.2, 0.25) is 10.0 Å². The third-order valence-electron chi connectivity index (χ3n) is 4.53. The molecular formula is C17H20FN3O3S. The van der Waals surface area contributed by atoms with Crippen molar-refractivity contribution in [3.8, 4) is 0 Å². The van der Waals surface area contributed by atoms with Crippen molar-refractivity contribution in [1.82, 2.24) is 8.87 Å². The third-order valence-corrected chi connectivity index (χ3v) is 6.54. The summed E-state index contributed by atoms with van der Waals surface area (Å²) < 4.78 is 42.2. The average molecular weight is 365 g/mol. The molecule has 2 aromatic rings. The number of nitrogens with zero attached hydrogens (tertiary/aromatic N) is 2. The molecule has 0 saturated carbocycles. The van der Waals surface area contributed by atoms with Gasteiger partial charge in [0.05, 0.1) is 5.69 Å². The zero-order chi connectivity index (χ0) is 18.2. The highest BCUT2D eigenvalue weighted by atomic mass is 32.2. The normalized spacial score (nSPS) is 15.5. The number of hydrogen-bond donors (Lipinski definition) is 1. The number of anilines is 1. The van der Waals surface area contributed by atoms with Crippen LogP contribution in [0, 0.1) is 12.7 Å². The molecule has 1 aromatic heterocycles. The smallest absolute Gasteiger partial charge is 0.272 e. The van der Waals surface area contributed by atoms with E-state index in [1.807, 2.05) is 0 Å². The van der Waals surface area contributed by atoms with Crippen molar-refractivity contribution in [2.75, 3.05) is 18.4 Å². The summed E-state index contributed by atoms with van der Waals surface area (Å²) in [6.45, 7) is 2.64. The van der Waals surface area contributed by atoms with Crippen LogP contribution < -0.4 is 5.32 Å². The number of para-hydroxylation sites is 1. The van der Waals surface area contributed by atoms with E-state index >= 15 is 0 Å². The van der Waals surface area contributed by atoms with Gasteiger partial charge in [-0.1, -0.05) is 12.1 Å². The Balaban J connectivity index is 1.93. The molecule has 0 bridgehead atoms. The van der Waals surface area contributed by atoms with E-state index in [-0.39, 0.29) is 16.3 Å². The highest BCUT2D eigenvalue weighted by Crippen LogP contribution is 2.26. The van der Waals surface area contributed by atoms with Gasteiger partial charge in [-0.25, -0.2) is 12.8 Å². The van der Waals surface area contributed by atoms with Gasteiger partial charge in [0.25, 0.3) is 5.91 Å². The third kappa shape index (κ3) is 3.19. The molecule has 8 heteroatoms. The molecule has 1 aliphatic rings. The predicted octanol–water partition coefficient (Wildman–Crippen LogP) is 2.51. The Labute approximate surface area is 146 Å². The lowest BCUT2D eigenvalue weighted by Gasteiger charge is -2.15. The maximum absolute atomic E-state index is 13.7. The van der Waals surface area contributed by atoms with Gasteiger partial charge >= 0.3 is 0 Å². The molecule has 6 nitrogen and oxygen atoms in total. The molecule has 25 heavy (non-hydrogen) atoms. The minimum absolute atomic E-state index is 0.0512. The van der Waals surface area contributed by atoms with Crippen LogP contribution in [0.25, 0.3) is 0 Å². The molecule has 1 aliphatic heterocycles. The first-order chi connectivity index (χ1) is 11.8. The number of rotatable bonds is 4. The van der Waals surface area contributed by atoms with E-state index < -0.39 is 21.7 Å². The van der Waals surface area contributed by atoms with E-state index in [4.69, 9.17) is 0 Å². The lowest BCUT2D eigenvalue weighted by atomic mass is 10.3. The summed E-state index contributed by atoms with van der Waals surface area (Å²) in [5.41, 5.74) is 0.694. The van der Waals surface area contributed by atoms with Crippen LogP contribution in [-0.2, 0) is 17.1 Å². The van der Waals surface area contributed by atoms with Crippen molar-refractivity contribution in [2.24, 2.45) is 7.05 Å². The Morgan fingerprint density at radius 2 is 1.84 bits per heavy atom. The quantitative estimate of drug-likeness (QED) is 0.905. The first-order valence-electron chi connectivity index (χ1n) is 8.04. The number of hydrogen-bond acceptors (Lipinski definition) is 3. The molecule has 0 aliphatic carbocycles. The lowest BCUT2D eigenvalue weighted by molar-refractivity contribution is 0.101. The molecule has 3 rings (SSSR count). The van der Waals surface area contributed by atoms with Crippen molar-refractivity contribution in [3.63, 3.8) is 0 Å². The lowest BCUT2D eigenvalue weighted by Crippen LogP contribution is -2.28. The van der Waals surface area contributed by atoms with Crippen molar-refractivity contribution < 1.29 is 17.6 Å².